The van der Waals surface area contributed by atoms with E-state index < -0.39 is 36.1 Å². The van der Waals surface area contributed by atoms with Gasteiger partial charge in [-0.15, -0.1) is 11.3 Å². The van der Waals surface area contributed by atoms with E-state index in [0.717, 1.165) is 45.1 Å². The lowest BCUT2D eigenvalue weighted by molar-refractivity contribution is -0.144. The number of urea groups is 1. The van der Waals surface area contributed by atoms with E-state index in [1.54, 1.807) is 23.5 Å². The van der Waals surface area contributed by atoms with Crippen LogP contribution >= 0.6 is 11.3 Å². The Morgan fingerprint density at radius 1 is 0.969 bits per heavy atom. The zero-order valence-corrected chi connectivity index (χ0v) is 37.0. The molecule has 334 valence electrons. The molecule has 0 unspecified atom stereocenters. The van der Waals surface area contributed by atoms with E-state index in [9.17, 15) is 28.7 Å². The third kappa shape index (κ3) is 13.0. The quantitative estimate of drug-likeness (QED) is 0.0413. The second-order valence-corrected chi connectivity index (χ2v) is 17.5. The van der Waals surface area contributed by atoms with Crippen molar-refractivity contribution >= 4 is 46.5 Å². The molecule has 2 aromatic carbocycles. The van der Waals surface area contributed by atoms with Crippen molar-refractivity contribution < 1.29 is 28.7 Å². The highest BCUT2D eigenvalue weighted by Gasteiger charge is 2.44. The molecule has 1 saturated heterocycles. The highest BCUT2D eigenvalue weighted by molar-refractivity contribution is 7.13. The highest BCUT2D eigenvalue weighted by atomic mass is 32.1. The number of carbonyl (C=O) groups is 4. The van der Waals surface area contributed by atoms with Gasteiger partial charge in [0.05, 0.1) is 28.4 Å². The lowest BCUT2D eigenvalue weighted by Gasteiger charge is -2.35. The Morgan fingerprint density at radius 2 is 1.70 bits per heavy atom. The van der Waals surface area contributed by atoms with Crippen LogP contribution in [0.25, 0.3) is 10.4 Å². The number of rotatable bonds is 15. The van der Waals surface area contributed by atoms with Crippen LogP contribution in [0.2, 0.25) is 0 Å². The second-order valence-electron chi connectivity index (χ2n) is 16.6. The fourth-order valence-corrected chi connectivity index (χ4v) is 7.89. The first-order valence-electron chi connectivity index (χ1n) is 20.9. The Hall–Kier alpha value is -6.58. The number of hydrogen-bond donors (Lipinski definition) is 7. The Labute approximate surface area is 375 Å². The van der Waals surface area contributed by atoms with Crippen molar-refractivity contribution in [3.63, 3.8) is 0 Å². The number of aliphatic hydroxyl groups excluding tert-OH is 1. The van der Waals surface area contributed by atoms with E-state index in [2.05, 4.69) is 53.4 Å². The van der Waals surface area contributed by atoms with Crippen LogP contribution in [0, 0.1) is 30.1 Å². The molecule has 1 aliphatic rings. The molecule has 1 fully saturated rings. The van der Waals surface area contributed by atoms with Crippen molar-refractivity contribution in [2.75, 3.05) is 23.7 Å². The van der Waals surface area contributed by atoms with Gasteiger partial charge in [0.1, 0.15) is 17.8 Å². The minimum Gasteiger partial charge on any atom is -0.392 e. The van der Waals surface area contributed by atoms with Gasteiger partial charge in [0.15, 0.2) is 0 Å². The molecule has 15 nitrogen and oxygen atoms in total. The molecule has 17 heteroatoms. The maximum absolute atomic E-state index is 14.1. The smallest absolute Gasteiger partial charge is 0.323 e. The zero-order valence-electron chi connectivity index (χ0n) is 36.2. The van der Waals surface area contributed by atoms with Crippen molar-refractivity contribution in [2.24, 2.45) is 11.1 Å². The summed E-state index contributed by atoms with van der Waals surface area (Å²) in [6.45, 7) is 8.87. The number of amides is 5. The number of nitrogens with two attached hydrogens (primary N) is 1. The summed E-state index contributed by atoms with van der Waals surface area (Å²) in [6.07, 6.45) is 3.72. The van der Waals surface area contributed by atoms with Crippen LogP contribution in [0.4, 0.5) is 20.6 Å². The third-order valence-electron chi connectivity index (χ3n) is 10.5. The first-order valence-corrected chi connectivity index (χ1v) is 21.8. The third-order valence-corrected chi connectivity index (χ3v) is 11.5. The minimum absolute atomic E-state index is 0.0999. The molecule has 5 amide bonds. The molecular weight excluding hydrogens is 836 g/mol. The molecule has 5 aromatic rings. The Bertz CT molecular complexity index is 2500. The van der Waals surface area contributed by atoms with Crippen LogP contribution in [-0.4, -0.2) is 79.9 Å². The van der Waals surface area contributed by atoms with E-state index in [0.29, 0.717) is 43.9 Å². The number of aliphatic hydroxyl groups is 1. The molecule has 0 bridgehead atoms. The molecule has 0 saturated carbocycles. The van der Waals surface area contributed by atoms with E-state index in [4.69, 9.17) is 5.73 Å². The average molecular weight is 889 g/mol. The fraction of sp³-hybridized carbons (Fsp3) is 0.340. The molecule has 1 aliphatic heterocycles. The fourth-order valence-electron chi connectivity index (χ4n) is 7.08. The molecular formula is C47H53FN10O5S. The molecule has 3 aromatic heterocycles. The maximum atomic E-state index is 14.1. The number of halogens is 1. The molecule has 4 heterocycles. The van der Waals surface area contributed by atoms with Crippen LogP contribution in [0.15, 0.2) is 84.6 Å². The lowest BCUT2D eigenvalue weighted by atomic mass is 9.85. The van der Waals surface area contributed by atoms with Gasteiger partial charge in [-0.25, -0.2) is 19.7 Å². The van der Waals surface area contributed by atoms with Gasteiger partial charge in [-0.3, -0.25) is 14.4 Å². The summed E-state index contributed by atoms with van der Waals surface area (Å²) >= 11 is 1.58. The number of carbonyl (C=O) groups excluding carboxylic acids is 4. The van der Waals surface area contributed by atoms with Crippen molar-refractivity contribution in [1.82, 2.24) is 35.8 Å². The number of nitrogens with zero attached hydrogens (tertiary/aromatic N) is 4. The van der Waals surface area contributed by atoms with Crippen molar-refractivity contribution in [3.8, 4) is 22.3 Å². The largest absolute Gasteiger partial charge is 0.392 e. The molecule has 6 rings (SSSR count). The number of benzene rings is 2. The maximum Gasteiger partial charge on any atom is 0.323 e. The molecule has 3 atom stereocenters. The zero-order chi connectivity index (χ0) is 45.8. The van der Waals surface area contributed by atoms with Crippen molar-refractivity contribution in [2.45, 2.75) is 84.8 Å². The molecule has 0 radical (unpaired) electrons. The van der Waals surface area contributed by atoms with Crippen LogP contribution in [-0.2, 0) is 34.1 Å². The van der Waals surface area contributed by atoms with Gasteiger partial charge >= 0.3 is 6.03 Å². The number of aryl methyl sites for hydroxylation is 1. The summed E-state index contributed by atoms with van der Waals surface area (Å²) in [6, 6.07) is 17.2. The van der Waals surface area contributed by atoms with Crippen LogP contribution in [0.1, 0.15) is 73.7 Å². The van der Waals surface area contributed by atoms with E-state index >= 15 is 0 Å². The summed E-state index contributed by atoms with van der Waals surface area (Å²) in [4.78, 5) is 67.9. The molecule has 0 spiro atoms. The number of thiazole rings is 1. The highest BCUT2D eigenvalue weighted by Crippen LogP contribution is 2.28. The standard InChI is InChI=1S/C47H53FN10O5S/c1-29-42(64-28-54-29)33-14-11-32(12-15-33)24-53-44(61)39-20-35(49)26-58(39)45(62)43(47(2,3)4)57-41(60)6-5-18-50-23-31-9-7-30(8-10-31)13-16-36-21-37(17-19-51-36)55-46(63)56-38-22-40(48)52-25-34(38)27-59/h7-12,14-15,17,19,21-22,25,28,35,39,43,50,59H,5-6,18,20,23-24,26-27,49H2,1-4H3,(H,53,61)(H,57,60)(H2,51,52,55,56,63)/t35-,39+,43-/m1/s1. The van der Waals surface area contributed by atoms with Gasteiger partial charge in [0.25, 0.3) is 0 Å². The minimum atomic E-state index is -0.853. The van der Waals surface area contributed by atoms with Crippen molar-refractivity contribution in [1.29, 1.82) is 0 Å². The van der Waals surface area contributed by atoms with Gasteiger partial charge in [0.2, 0.25) is 23.7 Å². The first kappa shape index (κ1) is 46.9. The predicted octanol–water partition coefficient (Wildman–Crippen LogP) is 5.23. The molecule has 64 heavy (non-hydrogen) atoms. The topological polar surface area (TPSA) is 217 Å². The number of anilines is 2. The summed E-state index contributed by atoms with van der Waals surface area (Å²) in [5, 5.41) is 23.9. The van der Waals surface area contributed by atoms with Crippen LogP contribution < -0.4 is 32.3 Å². The van der Waals surface area contributed by atoms with E-state index in [1.165, 1.54) is 11.1 Å². The van der Waals surface area contributed by atoms with Gasteiger partial charge in [-0.1, -0.05) is 63.1 Å². The average Bonchev–Trinajstić information content (AvgIpc) is 3.89. The summed E-state index contributed by atoms with van der Waals surface area (Å²) in [7, 11) is 0. The normalized spacial score (nSPS) is 15.1. The van der Waals surface area contributed by atoms with Gasteiger partial charge in [0, 0.05) is 67.4 Å². The number of likely N-dealkylation sites (tertiary alicyclic amines) is 1. The number of aromatic nitrogens is 3. The number of nitrogens with one attached hydrogen (secondary N) is 5. The Balaban J connectivity index is 0.930. The van der Waals surface area contributed by atoms with E-state index in [-0.39, 0.29) is 48.0 Å². The molecule has 8 N–H and O–H groups in total. The van der Waals surface area contributed by atoms with E-state index in [1.807, 2.05) is 81.7 Å². The SMILES string of the molecule is Cc1ncsc1-c1ccc(CNC(=O)[C@@H]2C[C@@H](N)CN2C(=O)[C@@H](NC(=O)CCCNCc2ccc(C#Cc3cc(NC(=O)Nc4cc(F)ncc4CO)ccn3)cc2)C(C)(C)C)cc1. The summed E-state index contributed by atoms with van der Waals surface area (Å²) < 4.78 is 13.6. The second kappa shape index (κ2) is 21.7. The van der Waals surface area contributed by atoms with Gasteiger partial charge in [-0.05, 0) is 78.6 Å². The van der Waals surface area contributed by atoms with Crippen molar-refractivity contribution in [3.05, 3.63) is 124 Å². The summed E-state index contributed by atoms with van der Waals surface area (Å²) in [5.41, 5.74) is 13.4. The Kier molecular flexibility index (Phi) is 15.9. The predicted molar refractivity (Wildman–Crippen MR) is 244 cm³/mol. The summed E-state index contributed by atoms with van der Waals surface area (Å²) in [5.74, 6) is 4.39. The van der Waals surface area contributed by atoms with Gasteiger partial charge < -0.3 is 42.3 Å². The van der Waals surface area contributed by atoms with Gasteiger partial charge in [-0.2, -0.15) is 4.39 Å². The number of pyridine rings is 2. The lowest BCUT2D eigenvalue weighted by Crippen LogP contribution is -2.57. The van der Waals surface area contributed by atoms with Crippen LogP contribution in [0.3, 0.4) is 0 Å². The molecule has 0 aliphatic carbocycles. The van der Waals surface area contributed by atoms with Crippen LogP contribution in [0.5, 0.6) is 0 Å². The first-order chi connectivity index (χ1) is 30.7. The number of hydrogen-bond acceptors (Lipinski definition) is 11. The monoisotopic (exact) mass is 888 g/mol. The Morgan fingerprint density at radius 3 is 2.41 bits per heavy atom.